The van der Waals surface area contributed by atoms with E-state index in [-0.39, 0.29) is 0 Å². The Morgan fingerprint density at radius 3 is 2.90 bits per heavy atom. The zero-order valence-corrected chi connectivity index (χ0v) is 12.5. The molecule has 20 heavy (non-hydrogen) atoms. The lowest BCUT2D eigenvalue weighted by Crippen LogP contribution is -2.24. The first kappa shape index (κ1) is 13.3. The highest BCUT2D eigenvalue weighted by molar-refractivity contribution is 5.08. The van der Waals surface area contributed by atoms with Gasteiger partial charge >= 0.3 is 0 Å². The van der Waals surface area contributed by atoms with Crippen molar-refractivity contribution < 1.29 is 0 Å². The van der Waals surface area contributed by atoms with Crippen LogP contribution in [0.25, 0.3) is 0 Å². The number of aromatic nitrogens is 5. The predicted molar refractivity (Wildman–Crippen MR) is 76.3 cm³/mol. The van der Waals surface area contributed by atoms with Gasteiger partial charge in [0.15, 0.2) is 0 Å². The highest BCUT2D eigenvalue weighted by Crippen LogP contribution is 2.24. The summed E-state index contributed by atoms with van der Waals surface area (Å²) in [5.41, 5.74) is 2.36. The Bertz CT molecular complexity index is 584. The van der Waals surface area contributed by atoms with Crippen molar-refractivity contribution in [3.8, 4) is 0 Å². The lowest BCUT2D eigenvalue weighted by molar-refractivity contribution is 0.296. The third-order valence-corrected chi connectivity index (χ3v) is 4.00. The van der Waals surface area contributed by atoms with Crippen molar-refractivity contribution in [1.82, 2.24) is 29.4 Å². The summed E-state index contributed by atoms with van der Waals surface area (Å²) >= 11 is 0. The second kappa shape index (κ2) is 5.36. The second-order valence-electron chi connectivity index (χ2n) is 5.54. The molecule has 1 atom stereocenters. The van der Waals surface area contributed by atoms with E-state index < -0.39 is 0 Å². The number of hydrogen-bond donors (Lipinski definition) is 0. The van der Waals surface area contributed by atoms with Gasteiger partial charge in [-0.3, -0.25) is 9.58 Å². The fourth-order valence-corrected chi connectivity index (χ4v) is 3.05. The maximum Gasteiger partial charge on any atom is 0.140 e. The molecule has 0 radical (unpaired) electrons. The molecule has 0 aliphatic carbocycles. The van der Waals surface area contributed by atoms with Crippen molar-refractivity contribution in [3.05, 3.63) is 29.6 Å². The number of nitrogens with zero attached hydrogens (tertiary/aromatic N) is 6. The lowest BCUT2D eigenvalue weighted by atomic mass is 10.2. The summed E-state index contributed by atoms with van der Waals surface area (Å²) in [6.07, 6.45) is 2.80. The van der Waals surface area contributed by atoms with Crippen molar-refractivity contribution in [1.29, 1.82) is 0 Å². The Labute approximate surface area is 119 Å². The summed E-state index contributed by atoms with van der Waals surface area (Å²) in [4.78, 5) is 6.80. The first-order chi connectivity index (χ1) is 9.67. The molecule has 0 N–H and O–H groups in total. The molecular weight excluding hydrogens is 252 g/mol. The van der Waals surface area contributed by atoms with Gasteiger partial charge in [0, 0.05) is 25.3 Å². The Morgan fingerprint density at radius 2 is 2.20 bits per heavy atom. The van der Waals surface area contributed by atoms with Gasteiger partial charge in [0.2, 0.25) is 0 Å². The number of likely N-dealkylation sites (tertiary alicyclic amines) is 1. The molecule has 0 aromatic carbocycles. The molecule has 0 saturated carbocycles. The standard InChI is InChI=1S/C14H22N6/c1-4-19-14(15-10-16-19)9-18-6-5-13(8-18)20-12(3)7-11(2)17-20/h7,10,13H,4-6,8-9H2,1-3H3/t13-/m0/s1. The Kier molecular flexibility index (Phi) is 3.56. The number of hydrogen-bond acceptors (Lipinski definition) is 4. The lowest BCUT2D eigenvalue weighted by Gasteiger charge is -2.16. The highest BCUT2D eigenvalue weighted by atomic mass is 15.4. The van der Waals surface area contributed by atoms with E-state index in [2.05, 4.69) is 51.6 Å². The minimum atomic E-state index is 0.488. The van der Waals surface area contributed by atoms with Gasteiger partial charge in [0.05, 0.1) is 18.3 Å². The normalized spacial score (nSPS) is 19.9. The Balaban J connectivity index is 1.66. The van der Waals surface area contributed by atoms with E-state index in [0.29, 0.717) is 6.04 Å². The van der Waals surface area contributed by atoms with Gasteiger partial charge in [-0.2, -0.15) is 10.2 Å². The fourth-order valence-electron chi connectivity index (χ4n) is 3.05. The molecule has 0 unspecified atom stereocenters. The Morgan fingerprint density at radius 1 is 1.35 bits per heavy atom. The van der Waals surface area contributed by atoms with E-state index in [1.807, 2.05) is 4.68 Å². The van der Waals surface area contributed by atoms with Crippen molar-refractivity contribution in [2.24, 2.45) is 0 Å². The van der Waals surface area contributed by atoms with Crippen molar-refractivity contribution in [2.45, 2.75) is 46.3 Å². The quantitative estimate of drug-likeness (QED) is 0.849. The minimum absolute atomic E-state index is 0.488. The van der Waals surface area contributed by atoms with Gasteiger partial charge in [-0.15, -0.1) is 0 Å². The molecule has 0 bridgehead atoms. The van der Waals surface area contributed by atoms with Gasteiger partial charge in [-0.05, 0) is 33.3 Å². The summed E-state index contributed by atoms with van der Waals surface area (Å²) in [5, 5.41) is 8.85. The van der Waals surface area contributed by atoms with Crippen LogP contribution in [-0.4, -0.2) is 42.5 Å². The maximum atomic E-state index is 4.61. The monoisotopic (exact) mass is 274 g/mol. The van der Waals surface area contributed by atoms with Crippen molar-refractivity contribution in [2.75, 3.05) is 13.1 Å². The molecule has 3 rings (SSSR count). The SMILES string of the molecule is CCn1ncnc1CN1CC[C@H](n2nc(C)cc2C)C1. The van der Waals surface area contributed by atoms with E-state index in [0.717, 1.165) is 44.1 Å². The molecule has 0 amide bonds. The summed E-state index contributed by atoms with van der Waals surface area (Å²) in [5.74, 6) is 1.06. The van der Waals surface area contributed by atoms with E-state index in [1.54, 1.807) is 6.33 Å². The molecule has 108 valence electrons. The molecule has 2 aromatic heterocycles. The molecule has 3 heterocycles. The summed E-state index contributed by atoms with van der Waals surface area (Å²) in [6.45, 7) is 10.2. The largest absolute Gasteiger partial charge is 0.294 e. The van der Waals surface area contributed by atoms with Crippen LogP contribution in [0.4, 0.5) is 0 Å². The van der Waals surface area contributed by atoms with Crippen molar-refractivity contribution in [3.63, 3.8) is 0 Å². The zero-order chi connectivity index (χ0) is 14.1. The zero-order valence-electron chi connectivity index (χ0n) is 12.5. The second-order valence-corrected chi connectivity index (χ2v) is 5.54. The van der Waals surface area contributed by atoms with Gasteiger partial charge in [-0.25, -0.2) is 9.67 Å². The number of rotatable bonds is 4. The van der Waals surface area contributed by atoms with Crippen LogP contribution in [0, 0.1) is 13.8 Å². The Hall–Kier alpha value is -1.69. The smallest absolute Gasteiger partial charge is 0.140 e. The fraction of sp³-hybridized carbons (Fsp3) is 0.643. The molecule has 1 saturated heterocycles. The summed E-state index contributed by atoms with van der Waals surface area (Å²) < 4.78 is 4.15. The van der Waals surface area contributed by atoms with Crippen LogP contribution in [0.15, 0.2) is 12.4 Å². The van der Waals surface area contributed by atoms with E-state index in [1.165, 1.54) is 5.69 Å². The first-order valence-electron chi connectivity index (χ1n) is 7.29. The average molecular weight is 274 g/mol. The molecule has 0 spiro atoms. The molecule has 1 fully saturated rings. The van der Waals surface area contributed by atoms with Crippen molar-refractivity contribution >= 4 is 0 Å². The highest BCUT2D eigenvalue weighted by Gasteiger charge is 2.26. The van der Waals surface area contributed by atoms with Crippen LogP contribution in [0.3, 0.4) is 0 Å². The first-order valence-corrected chi connectivity index (χ1v) is 7.29. The van der Waals surface area contributed by atoms with E-state index in [9.17, 15) is 0 Å². The van der Waals surface area contributed by atoms with Crippen LogP contribution in [0.5, 0.6) is 0 Å². The van der Waals surface area contributed by atoms with Crippen LogP contribution in [0.1, 0.15) is 36.6 Å². The summed E-state index contributed by atoms with van der Waals surface area (Å²) in [6, 6.07) is 2.64. The van der Waals surface area contributed by atoms with E-state index in [4.69, 9.17) is 0 Å². The van der Waals surface area contributed by atoms with Gasteiger partial charge in [0.25, 0.3) is 0 Å². The molecule has 6 heteroatoms. The third-order valence-electron chi connectivity index (χ3n) is 4.00. The maximum absolute atomic E-state index is 4.61. The third kappa shape index (κ3) is 2.47. The van der Waals surface area contributed by atoms with Crippen LogP contribution in [0.2, 0.25) is 0 Å². The van der Waals surface area contributed by atoms with Gasteiger partial charge in [0.1, 0.15) is 12.2 Å². The minimum Gasteiger partial charge on any atom is -0.294 e. The van der Waals surface area contributed by atoms with Crippen LogP contribution in [-0.2, 0) is 13.1 Å². The predicted octanol–water partition coefficient (Wildman–Crippen LogP) is 1.56. The molecule has 2 aromatic rings. The molecular formula is C14H22N6. The average Bonchev–Trinajstić information content (AvgIpc) is 3.10. The van der Waals surface area contributed by atoms with Crippen LogP contribution >= 0.6 is 0 Å². The van der Waals surface area contributed by atoms with Gasteiger partial charge in [-0.1, -0.05) is 0 Å². The van der Waals surface area contributed by atoms with Crippen LogP contribution < -0.4 is 0 Å². The molecule has 1 aliphatic rings. The molecule has 6 nitrogen and oxygen atoms in total. The summed E-state index contributed by atoms with van der Waals surface area (Å²) in [7, 11) is 0. The van der Waals surface area contributed by atoms with E-state index >= 15 is 0 Å². The van der Waals surface area contributed by atoms with Gasteiger partial charge < -0.3 is 0 Å². The molecule has 1 aliphatic heterocycles. The number of aryl methyl sites for hydroxylation is 3. The topological polar surface area (TPSA) is 51.8 Å².